The van der Waals surface area contributed by atoms with Gasteiger partial charge in [-0.3, -0.25) is 4.57 Å². The normalized spacial score (nSPS) is 10.2. The number of benzene rings is 1. The van der Waals surface area contributed by atoms with Crippen LogP contribution < -0.4 is 5.69 Å². The van der Waals surface area contributed by atoms with Crippen molar-refractivity contribution in [2.75, 3.05) is 0 Å². The lowest BCUT2D eigenvalue weighted by molar-refractivity contribution is 0.986. The van der Waals surface area contributed by atoms with Crippen molar-refractivity contribution in [2.45, 2.75) is 0 Å². The van der Waals surface area contributed by atoms with E-state index in [1.54, 1.807) is 17.0 Å². The number of H-pyrrole nitrogens is 1. The fourth-order valence-electron chi connectivity index (χ4n) is 1.15. The van der Waals surface area contributed by atoms with Gasteiger partial charge in [0, 0.05) is 16.0 Å². The molecule has 1 aromatic carbocycles. The minimum Gasteiger partial charge on any atom is -0.312 e. The fraction of sp³-hybridized carbons (Fsp3) is 0. The molecule has 3 nitrogen and oxygen atoms in total. The van der Waals surface area contributed by atoms with E-state index in [9.17, 15) is 4.79 Å². The standard InChI is InChI=1S/C9H7IN2O/c10-7-2-1-3-8(6-7)12-5-4-11-9(12)13/h1-6H,(H,11,13). The van der Waals surface area contributed by atoms with Crippen molar-refractivity contribution in [3.05, 3.63) is 50.7 Å². The molecule has 1 aromatic heterocycles. The van der Waals surface area contributed by atoms with Gasteiger partial charge < -0.3 is 4.98 Å². The molecule has 2 aromatic rings. The molecule has 66 valence electrons. The summed E-state index contributed by atoms with van der Waals surface area (Å²) in [6.07, 6.45) is 3.34. The Balaban J connectivity index is 2.59. The molecular weight excluding hydrogens is 279 g/mol. The van der Waals surface area contributed by atoms with Gasteiger partial charge in [0.1, 0.15) is 0 Å². The van der Waals surface area contributed by atoms with Crippen molar-refractivity contribution in [1.29, 1.82) is 0 Å². The highest BCUT2D eigenvalue weighted by atomic mass is 127. The lowest BCUT2D eigenvalue weighted by Crippen LogP contribution is -2.13. The summed E-state index contributed by atoms with van der Waals surface area (Å²) < 4.78 is 2.69. The quantitative estimate of drug-likeness (QED) is 0.797. The Morgan fingerprint density at radius 1 is 1.38 bits per heavy atom. The van der Waals surface area contributed by atoms with Gasteiger partial charge in [0.2, 0.25) is 0 Å². The topological polar surface area (TPSA) is 37.8 Å². The number of aromatic amines is 1. The van der Waals surface area contributed by atoms with Crippen molar-refractivity contribution in [3.63, 3.8) is 0 Å². The third kappa shape index (κ3) is 1.67. The fourth-order valence-corrected chi connectivity index (χ4v) is 1.68. The lowest BCUT2D eigenvalue weighted by atomic mass is 10.3. The highest BCUT2D eigenvalue weighted by Crippen LogP contribution is 2.09. The second-order valence-electron chi connectivity index (χ2n) is 2.62. The minimum atomic E-state index is -0.109. The zero-order valence-corrected chi connectivity index (χ0v) is 8.86. The molecule has 0 bridgehead atoms. The maximum absolute atomic E-state index is 11.2. The molecule has 0 amide bonds. The van der Waals surface area contributed by atoms with E-state index in [0.29, 0.717) is 0 Å². The first-order valence-electron chi connectivity index (χ1n) is 3.79. The molecule has 13 heavy (non-hydrogen) atoms. The van der Waals surface area contributed by atoms with Gasteiger partial charge in [0.15, 0.2) is 0 Å². The lowest BCUT2D eigenvalue weighted by Gasteiger charge is -2.00. The molecule has 0 aliphatic rings. The number of nitrogens with zero attached hydrogens (tertiary/aromatic N) is 1. The molecule has 1 heterocycles. The predicted octanol–water partition coefficient (Wildman–Crippen LogP) is 1.77. The third-order valence-electron chi connectivity index (χ3n) is 1.74. The number of imidazole rings is 1. The van der Waals surface area contributed by atoms with Gasteiger partial charge in [0.25, 0.3) is 0 Å². The molecular formula is C9H7IN2O. The Morgan fingerprint density at radius 2 is 2.23 bits per heavy atom. The smallest absolute Gasteiger partial charge is 0.312 e. The number of halogens is 1. The Bertz CT molecular complexity index is 472. The van der Waals surface area contributed by atoms with E-state index >= 15 is 0 Å². The molecule has 0 atom stereocenters. The van der Waals surface area contributed by atoms with Crippen LogP contribution in [0.3, 0.4) is 0 Å². The summed E-state index contributed by atoms with van der Waals surface area (Å²) in [5, 5.41) is 0. The number of nitrogens with one attached hydrogen (secondary N) is 1. The average molecular weight is 286 g/mol. The summed E-state index contributed by atoms with van der Waals surface area (Å²) in [4.78, 5) is 13.8. The van der Waals surface area contributed by atoms with E-state index in [0.717, 1.165) is 9.26 Å². The van der Waals surface area contributed by atoms with Gasteiger partial charge in [-0.05, 0) is 40.8 Å². The third-order valence-corrected chi connectivity index (χ3v) is 2.41. The first kappa shape index (κ1) is 8.55. The van der Waals surface area contributed by atoms with Gasteiger partial charge in [-0.1, -0.05) is 6.07 Å². The molecule has 0 fully saturated rings. The largest absolute Gasteiger partial charge is 0.330 e. The first-order valence-corrected chi connectivity index (χ1v) is 4.87. The summed E-state index contributed by atoms with van der Waals surface area (Å²) in [7, 11) is 0. The molecule has 0 aliphatic heterocycles. The van der Waals surface area contributed by atoms with E-state index in [1.807, 2.05) is 24.3 Å². The molecule has 0 saturated carbocycles. The predicted molar refractivity (Wildman–Crippen MR) is 59.1 cm³/mol. The summed E-state index contributed by atoms with van der Waals surface area (Å²) in [6.45, 7) is 0. The minimum absolute atomic E-state index is 0.109. The molecule has 1 N–H and O–H groups in total. The number of hydrogen-bond donors (Lipinski definition) is 1. The van der Waals surface area contributed by atoms with Crippen molar-refractivity contribution < 1.29 is 0 Å². The van der Waals surface area contributed by atoms with Crippen LogP contribution in [0.15, 0.2) is 41.5 Å². The van der Waals surface area contributed by atoms with Gasteiger partial charge in [-0.15, -0.1) is 0 Å². The molecule has 4 heteroatoms. The second-order valence-corrected chi connectivity index (χ2v) is 3.86. The van der Waals surface area contributed by atoms with E-state index < -0.39 is 0 Å². The first-order chi connectivity index (χ1) is 6.27. The van der Waals surface area contributed by atoms with Gasteiger partial charge in [0.05, 0.1) is 5.69 Å². The summed E-state index contributed by atoms with van der Waals surface area (Å²) in [5.74, 6) is 0. The molecule has 0 saturated heterocycles. The van der Waals surface area contributed by atoms with Crippen LogP contribution in [0.4, 0.5) is 0 Å². The molecule has 0 radical (unpaired) electrons. The Hall–Kier alpha value is -1.04. The summed E-state index contributed by atoms with van der Waals surface area (Å²) >= 11 is 2.22. The molecule has 0 aliphatic carbocycles. The van der Waals surface area contributed by atoms with Crippen molar-refractivity contribution in [2.24, 2.45) is 0 Å². The maximum atomic E-state index is 11.2. The van der Waals surface area contributed by atoms with E-state index in [4.69, 9.17) is 0 Å². The Morgan fingerprint density at radius 3 is 2.85 bits per heavy atom. The monoisotopic (exact) mass is 286 g/mol. The zero-order valence-electron chi connectivity index (χ0n) is 6.70. The molecule has 0 unspecified atom stereocenters. The van der Waals surface area contributed by atoms with Crippen molar-refractivity contribution in [3.8, 4) is 5.69 Å². The van der Waals surface area contributed by atoms with Crippen LogP contribution in [-0.2, 0) is 0 Å². The number of hydrogen-bond acceptors (Lipinski definition) is 1. The zero-order chi connectivity index (χ0) is 9.26. The number of rotatable bonds is 1. The van der Waals surface area contributed by atoms with Gasteiger partial charge >= 0.3 is 5.69 Å². The average Bonchev–Trinajstić information content (AvgIpc) is 2.51. The van der Waals surface area contributed by atoms with E-state index in [-0.39, 0.29) is 5.69 Å². The van der Waals surface area contributed by atoms with Crippen LogP contribution in [-0.4, -0.2) is 9.55 Å². The van der Waals surface area contributed by atoms with Crippen LogP contribution in [0.5, 0.6) is 0 Å². The van der Waals surface area contributed by atoms with Crippen LogP contribution in [0, 0.1) is 3.57 Å². The SMILES string of the molecule is O=c1[nH]ccn1-c1cccc(I)c1. The second kappa shape index (κ2) is 3.37. The van der Waals surface area contributed by atoms with Crippen LogP contribution in [0.25, 0.3) is 5.69 Å². The molecule has 0 spiro atoms. The van der Waals surface area contributed by atoms with E-state index in [1.165, 1.54) is 0 Å². The maximum Gasteiger partial charge on any atom is 0.330 e. The highest BCUT2D eigenvalue weighted by molar-refractivity contribution is 14.1. The highest BCUT2D eigenvalue weighted by Gasteiger charge is 1.98. The Kier molecular flexibility index (Phi) is 2.22. The summed E-state index contributed by atoms with van der Waals surface area (Å²) in [6, 6.07) is 7.77. The van der Waals surface area contributed by atoms with Crippen molar-refractivity contribution >= 4 is 22.6 Å². The van der Waals surface area contributed by atoms with Crippen LogP contribution >= 0.6 is 22.6 Å². The van der Waals surface area contributed by atoms with E-state index in [2.05, 4.69) is 27.6 Å². The van der Waals surface area contributed by atoms with Crippen LogP contribution in [0.1, 0.15) is 0 Å². The summed E-state index contributed by atoms with van der Waals surface area (Å²) in [5.41, 5.74) is 0.778. The number of aromatic nitrogens is 2. The Labute approximate surface area is 88.6 Å². The van der Waals surface area contributed by atoms with Gasteiger partial charge in [-0.25, -0.2) is 4.79 Å². The van der Waals surface area contributed by atoms with Crippen LogP contribution in [0.2, 0.25) is 0 Å². The molecule has 2 rings (SSSR count). The van der Waals surface area contributed by atoms with Gasteiger partial charge in [-0.2, -0.15) is 0 Å². The van der Waals surface area contributed by atoms with Crippen molar-refractivity contribution in [1.82, 2.24) is 9.55 Å².